The minimum atomic E-state index is -0.643. The number of nitro benzene ring substituents is 1. The summed E-state index contributed by atoms with van der Waals surface area (Å²) in [7, 11) is 0. The number of nitrogens with one attached hydrogen (secondary N) is 1. The van der Waals surface area contributed by atoms with Gasteiger partial charge in [-0.15, -0.1) is 0 Å². The van der Waals surface area contributed by atoms with Gasteiger partial charge in [-0.2, -0.15) is 5.10 Å². The molecule has 202 valence electrons. The van der Waals surface area contributed by atoms with Crippen molar-refractivity contribution in [2.45, 2.75) is 6.92 Å². The first-order valence-electron chi connectivity index (χ1n) is 12.3. The Kier molecular flexibility index (Phi) is 7.93. The number of ether oxygens (including phenoxy) is 1. The molecule has 0 unspecified atom stereocenters. The first-order chi connectivity index (χ1) is 19.8. The molecule has 1 heterocycles. The first kappa shape index (κ1) is 27.4. The molecular weight excluding hydrogens is 588 g/mol. The van der Waals surface area contributed by atoms with Gasteiger partial charge in [-0.1, -0.05) is 39.7 Å². The van der Waals surface area contributed by atoms with Gasteiger partial charge in [0.1, 0.15) is 5.75 Å². The highest BCUT2D eigenvalue weighted by molar-refractivity contribution is 9.10. The Hall–Kier alpha value is -5.22. The third-order valence-corrected chi connectivity index (χ3v) is 6.66. The van der Waals surface area contributed by atoms with Crippen molar-refractivity contribution in [1.29, 1.82) is 0 Å². The Morgan fingerprint density at radius 3 is 2.34 bits per heavy atom. The summed E-state index contributed by atoms with van der Waals surface area (Å²) in [6.45, 7) is 1.95. The topological polar surface area (TPSA) is 124 Å². The maximum Gasteiger partial charge on any atom is 0.343 e. The molecule has 0 aliphatic heterocycles. The zero-order valence-electron chi connectivity index (χ0n) is 21.6. The summed E-state index contributed by atoms with van der Waals surface area (Å²) < 4.78 is 6.27. The van der Waals surface area contributed by atoms with E-state index in [0.717, 1.165) is 21.0 Å². The van der Waals surface area contributed by atoms with Crippen molar-refractivity contribution < 1.29 is 19.2 Å². The van der Waals surface area contributed by atoms with Crippen molar-refractivity contribution in [3.8, 4) is 17.0 Å². The van der Waals surface area contributed by atoms with Crippen LogP contribution in [0.4, 0.5) is 5.69 Å². The quantitative estimate of drug-likeness (QED) is 0.0707. The monoisotopic (exact) mass is 608 g/mol. The highest BCUT2D eigenvalue weighted by Gasteiger charge is 2.15. The van der Waals surface area contributed by atoms with Crippen molar-refractivity contribution >= 4 is 50.6 Å². The van der Waals surface area contributed by atoms with E-state index in [2.05, 4.69) is 26.5 Å². The number of carbonyl (C=O) groups excluding carboxylic acids is 2. The van der Waals surface area contributed by atoms with Gasteiger partial charge in [-0.05, 0) is 79.2 Å². The second kappa shape index (κ2) is 11.9. The van der Waals surface area contributed by atoms with E-state index in [1.165, 1.54) is 30.5 Å². The molecule has 1 N–H and O–H groups in total. The molecule has 41 heavy (non-hydrogen) atoms. The lowest BCUT2D eigenvalue weighted by Crippen LogP contribution is -2.18. The number of hydrogen-bond donors (Lipinski definition) is 1. The molecule has 1 amide bonds. The standard InChI is InChI=1S/C31H21BrN4O5/c1-19-2-15-28-26(16-19)27(17-29(34-28)21-5-9-23(32)10-6-21)30(37)35-33-18-20-3-13-25(14-4-20)41-31(38)22-7-11-24(12-8-22)36(39)40/h2-18H,1H3,(H,35,37). The fraction of sp³-hybridized carbons (Fsp3) is 0.0323. The Morgan fingerprint density at radius 1 is 0.951 bits per heavy atom. The van der Waals surface area contributed by atoms with Gasteiger partial charge in [0, 0.05) is 27.6 Å². The zero-order chi connectivity index (χ0) is 28.9. The number of rotatable bonds is 7. The summed E-state index contributed by atoms with van der Waals surface area (Å²) in [6, 6.07) is 26.9. The highest BCUT2D eigenvalue weighted by atomic mass is 79.9. The van der Waals surface area contributed by atoms with Crippen molar-refractivity contribution in [3.05, 3.63) is 134 Å². The molecule has 0 radical (unpaired) electrons. The van der Waals surface area contributed by atoms with Crippen molar-refractivity contribution in [2.75, 3.05) is 0 Å². The predicted octanol–water partition coefficient (Wildman–Crippen LogP) is 6.86. The summed E-state index contributed by atoms with van der Waals surface area (Å²) in [5.74, 6) is -0.740. The van der Waals surface area contributed by atoms with Crippen LogP contribution in [0.3, 0.4) is 0 Å². The maximum atomic E-state index is 13.2. The molecule has 9 nitrogen and oxygen atoms in total. The lowest BCUT2D eigenvalue weighted by Gasteiger charge is -2.10. The maximum absolute atomic E-state index is 13.2. The van der Waals surface area contributed by atoms with E-state index in [1.807, 2.05) is 49.4 Å². The summed E-state index contributed by atoms with van der Waals surface area (Å²) in [5.41, 5.74) is 7.01. The molecule has 0 spiro atoms. The number of halogens is 1. The van der Waals surface area contributed by atoms with Crippen LogP contribution in [0.15, 0.2) is 107 Å². The fourth-order valence-electron chi connectivity index (χ4n) is 4.03. The van der Waals surface area contributed by atoms with Crippen LogP contribution in [0.2, 0.25) is 0 Å². The number of aromatic nitrogens is 1. The average molecular weight is 609 g/mol. The summed E-state index contributed by atoms with van der Waals surface area (Å²) in [4.78, 5) is 40.5. The Labute approximate surface area is 242 Å². The summed E-state index contributed by atoms with van der Waals surface area (Å²) in [6.07, 6.45) is 1.48. The molecule has 5 rings (SSSR count). The van der Waals surface area contributed by atoms with Gasteiger partial charge < -0.3 is 4.74 Å². The Morgan fingerprint density at radius 2 is 1.66 bits per heavy atom. The van der Waals surface area contributed by atoms with Gasteiger partial charge in [0.25, 0.3) is 11.6 Å². The fourth-order valence-corrected chi connectivity index (χ4v) is 4.29. The highest BCUT2D eigenvalue weighted by Crippen LogP contribution is 2.27. The van der Waals surface area contributed by atoms with Crippen molar-refractivity contribution in [1.82, 2.24) is 10.4 Å². The Bertz CT molecular complexity index is 1800. The molecule has 5 aromatic rings. The first-order valence-corrected chi connectivity index (χ1v) is 13.1. The van der Waals surface area contributed by atoms with Gasteiger partial charge in [-0.25, -0.2) is 15.2 Å². The number of hydrazone groups is 1. The summed E-state index contributed by atoms with van der Waals surface area (Å²) >= 11 is 3.44. The van der Waals surface area contributed by atoms with Crippen molar-refractivity contribution in [3.63, 3.8) is 0 Å². The van der Waals surface area contributed by atoms with Crippen LogP contribution in [0.1, 0.15) is 31.8 Å². The smallest absolute Gasteiger partial charge is 0.343 e. The number of amides is 1. The van der Waals surface area contributed by atoms with Gasteiger partial charge in [0.05, 0.1) is 33.5 Å². The molecule has 0 atom stereocenters. The third kappa shape index (κ3) is 6.51. The molecular formula is C31H21BrN4O5. The predicted molar refractivity (Wildman–Crippen MR) is 159 cm³/mol. The molecule has 0 aliphatic carbocycles. The van der Waals surface area contributed by atoms with E-state index in [1.54, 1.807) is 30.3 Å². The minimum Gasteiger partial charge on any atom is -0.423 e. The molecule has 4 aromatic carbocycles. The molecule has 0 fully saturated rings. The second-order valence-electron chi connectivity index (χ2n) is 9.04. The number of hydrogen-bond acceptors (Lipinski definition) is 7. The number of aryl methyl sites for hydroxylation is 1. The van der Waals surface area contributed by atoms with Crippen LogP contribution in [0.5, 0.6) is 5.75 Å². The van der Waals surface area contributed by atoms with Crippen LogP contribution in [-0.2, 0) is 0 Å². The van der Waals surface area contributed by atoms with Gasteiger partial charge in [0.15, 0.2) is 0 Å². The number of fused-ring (bicyclic) bond motifs is 1. The van der Waals surface area contributed by atoms with Crippen LogP contribution in [-0.4, -0.2) is 28.0 Å². The van der Waals surface area contributed by atoms with Gasteiger partial charge in [0.2, 0.25) is 0 Å². The normalized spacial score (nSPS) is 11.0. The van der Waals surface area contributed by atoms with E-state index in [4.69, 9.17) is 9.72 Å². The Balaban J connectivity index is 1.29. The van der Waals surface area contributed by atoms with E-state index >= 15 is 0 Å². The number of nitrogens with zero attached hydrogens (tertiary/aromatic N) is 3. The van der Waals surface area contributed by atoms with Gasteiger partial charge in [-0.3, -0.25) is 14.9 Å². The number of carbonyl (C=O) groups is 2. The van der Waals surface area contributed by atoms with Crippen LogP contribution < -0.4 is 10.2 Å². The number of benzene rings is 4. The van der Waals surface area contributed by atoms with Crippen LogP contribution >= 0.6 is 15.9 Å². The number of esters is 1. The molecule has 1 aromatic heterocycles. The molecule has 0 saturated carbocycles. The molecule has 0 bridgehead atoms. The van der Waals surface area contributed by atoms with Gasteiger partial charge >= 0.3 is 5.97 Å². The summed E-state index contributed by atoms with van der Waals surface area (Å²) in [5, 5.41) is 15.6. The van der Waals surface area contributed by atoms with E-state index in [-0.39, 0.29) is 22.9 Å². The van der Waals surface area contributed by atoms with E-state index in [0.29, 0.717) is 22.3 Å². The van der Waals surface area contributed by atoms with Crippen LogP contribution in [0, 0.1) is 17.0 Å². The lowest BCUT2D eigenvalue weighted by atomic mass is 10.0. The van der Waals surface area contributed by atoms with E-state index < -0.39 is 10.9 Å². The largest absolute Gasteiger partial charge is 0.423 e. The van der Waals surface area contributed by atoms with Crippen LogP contribution in [0.25, 0.3) is 22.2 Å². The number of non-ortho nitro benzene ring substituents is 1. The average Bonchev–Trinajstić information content (AvgIpc) is 2.98. The third-order valence-electron chi connectivity index (χ3n) is 6.13. The molecule has 0 saturated heterocycles. The number of pyridine rings is 1. The number of nitro groups is 1. The molecule has 10 heteroatoms. The zero-order valence-corrected chi connectivity index (χ0v) is 23.2. The SMILES string of the molecule is Cc1ccc2nc(-c3ccc(Br)cc3)cc(C(=O)NN=Cc3ccc(OC(=O)c4ccc([N+](=O)[O-])cc4)cc3)c2c1. The second-order valence-corrected chi connectivity index (χ2v) is 9.96. The lowest BCUT2D eigenvalue weighted by molar-refractivity contribution is -0.384. The molecule has 0 aliphatic rings. The van der Waals surface area contributed by atoms with Crippen molar-refractivity contribution in [2.24, 2.45) is 5.10 Å². The van der Waals surface area contributed by atoms with E-state index in [9.17, 15) is 19.7 Å². The minimum absolute atomic E-state index is 0.116.